The lowest BCUT2D eigenvalue weighted by atomic mass is 10.2. The van der Waals surface area contributed by atoms with Crippen LogP contribution in [-0.2, 0) is 16.6 Å². The van der Waals surface area contributed by atoms with Gasteiger partial charge in [-0.15, -0.1) is 11.8 Å². The average Bonchev–Trinajstić information content (AvgIpc) is 2.45. The molecule has 6 heteroatoms. The average molecular weight is 322 g/mol. The number of thioether (sulfide) groups is 1. The van der Waals surface area contributed by atoms with E-state index < -0.39 is 10.0 Å². The predicted molar refractivity (Wildman–Crippen MR) is 90.5 cm³/mol. The van der Waals surface area contributed by atoms with Gasteiger partial charge in [-0.05, 0) is 48.2 Å². The second-order valence-corrected chi connectivity index (χ2v) is 7.28. The molecule has 0 aliphatic heterocycles. The number of hydrogen-bond donors (Lipinski definition) is 2. The van der Waals surface area contributed by atoms with E-state index in [2.05, 4.69) is 40.6 Å². The molecule has 0 aromatic heterocycles. The van der Waals surface area contributed by atoms with Crippen LogP contribution in [0.1, 0.15) is 5.56 Å². The first kappa shape index (κ1) is 15.7. The van der Waals surface area contributed by atoms with Gasteiger partial charge in [0.05, 0.1) is 6.26 Å². The summed E-state index contributed by atoms with van der Waals surface area (Å²) in [5.41, 5.74) is 2.71. The fourth-order valence-electron chi connectivity index (χ4n) is 1.82. The Balaban J connectivity index is 1.94. The lowest BCUT2D eigenvalue weighted by Gasteiger charge is -2.09. The summed E-state index contributed by atoms with van der Waals surface area (Å²) in [6.07, 6.45) is 3.19. The monoisotopic (exact) mass is 322 g/mol. The minimum Gasteiger partial charge on any atom is -0.381 e. The zero-order chi connectivity index (χ0) is 15.3. The molecule has 0 radical (unpaired) electrons. The van der Waals surface area contributed by atoms with Crippen molar-refractivity contribution in [2.24, 2.45) is 0 Å². The third kappa shape index (κ3) is 5.32. The molecule has 0 bridgehead atoms. The number of anilines is 2. The van der Waals surface area contributed by atoms with Crippen molar-refractivity contribution in [3.63, 3.8) is 0 Å². The van der Waals surface area contributed by atoms with E-state index in [4.69, 9.17) is 0 Å². The maximum absolute atomic E-state index is 11.1. The molecular formula is C15H18N2O2S2. The maximum Gasteiger partial charge on any atom is 0.229 e. The first-order valence-electron chi connectivity index (χ1n) is 6.41. The van der Waals surface area contributed by atoms with Gasteiger partial charge >= 0.3 is 0 Å². The van der Waals surface area contributed by atoms with Crippen molar-refractivity contribution < 1.29 is 8.42 Å². The van der Waals surface area contributed by atoms with Crippen molar-refractivity contribution in [1.82, 2.24) is 0 Å². The van der Waals surface area contributed by atoms with Gasteiger partial charge in [0.25, 0.3) is 0 Å². The van der Waals surface area contributed by atoms with Crippen LogP contribution in [0.25, 0.3) is 0 Å². The van der Waals surface area contributed by atoms with E-state index in [-0.39, 0.29) is 0 Å². The van der Waals surface area contributed by atoms with Crippen LogP contribution < -0.4 is 10.0 Å². The molecule has 0 unspecified atom stereocenters. The van der Waals surface area contributed by atoms with Gasteiger partial charge in [0.15, 0.2) is 0 Å². The minimum atomic E-state index is -3.22. The molecule has 0 saturated heterocycles. The highest BCUT2D eigenvalue weighted by Gasteiger charge is 2.01. The fourth-order valence-corrected chi connectivity index (χ4v) is 2.79. The van der Waals surface area contributed by atoms with Gasteiger partial charge in [-0.2, -0.15) is 0 Å². The predicted octanol–water partition coefficient (Wildman–Crippen LogP) is 3.39. The summed E-state index contributed by atoms with van der Waals surface area (Å²) >= 11 is 1.72. The van der Waals surface area contributed by atoms with Crippen LogP contribution in [0, 0.1) is 0 Å². The summed E-state index contributed by atoms with van der Waals surface area (Å²) in [4.78, 5) is 1.25. The van der Waals surface area contributed by atoms with Crippen LogP contribution in [0.2, 0.25) is 0 Å². The van der Waals surface area contributed by atoms with Crippen molar-refractivity contribution in [3.8, 4) is 0 Å². The maximum atomic E-state index is 11.1. The number of nitrogens with one attached hydrogen (secondary N) is 2. The molecule has 4 nitrogen and oxygen atoms in total. The smallest absolute Gasteiger partial charge is 0.229 e. The highest BCUT2D eigenvalue weighted by Crippen LogP contribution is 2.17. The van der Waals surface area contributed by atoms with Crippen molar-refractivity contribution >= 4 is 33.2 Å². The van der Waals surface area contributed by atoms with Crippen LogP contribution >= 0.6 is 11.8 Å². The Morgan fingerprint density at radius 1 is 0.952 bits per heavy atom. The third-order valence-electron chi connectivity index (χ3n) is 2.84. The van der Waals surface area contributed by atoms with Gasteiger partial charge in [-0.25, -0.2) is 8.42 Å². The summed E-state index contributed by atoms with van der Waals surface area (Å²) in [7, 11) is -3.22. The number of benzene rings is 2. The lowest BCUT2D eigenvalue weighted by molar-refractivity contribution is 0.607. The van der Waals surface area contributed by atoms with E-state index >= 15 is 0 Å². The molecule has 0 heterocycles. The molecule has 0 amide bonds. The first-order valence-corrected chi connectivity index (χ1v) is 9.52. The van der Waals surface area contributed by atoms with Crippen LogP contribution in [-0.4, -0.2) is 20.9 Å². The molecule has 0 aliphatic carbocycles. The molecule has 0 saturated carbocycles. The van der Waals surface area contributed by atoms with Gasteiger partial charge in [0.1, 0.15) is 0 Å². The Morgan fingerprint density at radius 2 is 1.52 bits per heavy atom. The highest BCUT2D eigenvalue weighted by molar-refractivity contribution is 7.98. The fraction of sp³-hybridized carbons (Fsp3) is 0.200. The molecule has 2 N–H and O–H groups in total. The SMILES string of the molecule is CSc1ccc(CNc2ccc(NS(C)(=O)=O)cc2)cc1. The Kier molecular flexibility index (Phi) is 5.14. The van der Waals surface area contributed by atoms with Crippen molar-refractivity contribution in [2.45, 2.75) is 11.4 Å². The van der Waals surface area contributed by atoms with E-state index in [1.165, 1.54) is 10.5 Å². The molecular weight excluding hydrogens is 304 g/mol. The Bertz CT molecular complexity index is 681. The number of sulfonamides is 1. The van der Waals surface area contributed by atoms with Gasteiger partial charge in [0.2, 0.25) is 10.0 Å². The summed E-state index contributed by atoms with van der Waals surface area (Å²) in [5, 5.41) is 3.30. The molecule has 112 valence electrons. The first-order chi connectivity index (χ1) is 9.96. The second-order valence-electron chi connectivity index (χ2n) is 4.65. The van der Waals surface area contributed by atoms with E-state index in [1.54, 1.807) is 23.9 Å². The normalized spacial score (nSPS) is 11.1. The Morgan fingerprint density at radius 3 is 2.05 bits per heavy atom. The van der Waals surface area contributed by atoms with Crippen molar-refractivity contribution in [2.75, 3.05) is 22.6 Å². The second kappa shape index (κ2) is 6.87. The van der Waals surface area contributed by atoms with Gasteiger partial charge in [-0.1, -0.05) is 12.1 Å². The summed E-state index contributed by atoms with van der Waals surface area (Å²) in [6.45, 7) is 0.730. The summed E-state index contributed by atoms with van der Waals surface area (Å²) < 4.78 is 24.7. The zero-order valence-electron chi connectivity index (χ0n) is 12.0. The van der Waals surface area contributed by atoms with Crippen LogP contribution in [0.5, 0.6) is 0 Å². The van der Waals surface area contributed by atoms with Gasteiger partial charge < -0.3 is 5.32 Å². The summed E-state index contributed by atoms with van der Waals surface area (Å²) in [5.74, 6) is 0. The molecule has 0 atom stereocenters. The summed E-state index contributed by atoms with van der Waals surface area (Å²) in [6, 6.07) is 15.6. The van der Waals surface area contributed by atoms with Crippen molar-refractivity contribution in [3.05, 3.63) is 54.1 Å². The largest absolute Gasteiger partial charge is 0.381 e. The molecule has 0 fully saturated rings. The zero-order valence-corrected chi connectivity index (χ0v) is 13.6. The van der Waals surface area contributed by atoms with Gasteiger partial charge in [0, 0.05) is 22.8 Å². The number of rotatable bonds is 6. The molecule has 2 aromatic rings. The standard InChI is InChI=1S/C15H18N2O2S2/c1-20-15-9-3-12(4-10-15)11-16-13-5-7-14(8-6-13)17-21(2,18)19/h3-10,16-17H,11H2,1-2H3. The lowest BCUT2D eigenvalue weighted by Crippen LogP contribution is -2.09. The molecule has 2 aromatic carbocycles. The van der Waals surface area contributed by atoms with Crippen molar-refractivity contribution in [1.29, 1.82) is 0 Å². The number of hydrogen-bond acceptors (Lipinski definition) is 4. The molecule has 21 heavy (non-hydrogen) atoms. The van der Waals surface area contributed by atoms with Crippen LogP contribution in [0.15, 0.2) is 53.4 Å². The van der Waals surface area contributed by atoms with Gasteiger partial charge in [-0.3, -0.25) is 4.72 Å². The third-order valence-corrected chi connectivity index (χ3v) is 4.19. The van der Waals surface area contributed by atoms with E-state index in [1.807, 2.05) is 12.1 Å². The quantitative estimate of drug-likeness (QED) is 0.800. The Labute approximate surface area is 130 Å². The minimum absolute atomic E-state index is 0.562. The topological polar surface area (TPSA) is 58.2 Å². The van der Waals surface area contributed by atoms with E-state index in [0.717, 1.165) is 18.5 Å². The van der Waals surface area contributed by atoms with Crippen LogP contribution in [0.4, 0.5) is 11.4 Å². The Hall–Kier alpha value is -1.66. The van der Waals surface area contributed by atoms with E-state index in [0.29, 0.717) is 5.69 Å². The van der Waals surface area contributed by atoms with E-state index in [9.17, 15) is 8.42 Å². The highest BCUT2D eigenvalue weighted by atomic mass is 32.2. The molecule has 0 spiro atoms. The molecule has 0 aliphatic rings. The van der Waals surface area contributed by atoms with Crippen LogP contribution in [0.3, 0.4) is 0 Å². The molecule has 2 rings (SSSR count).